The number of hydrogen-bond donors (Lipinski definition) is 2. The minimum absolute atomic E-state index is 0.540. The van der Waals surface area contributed by atoms with E-state index in [1.54, 1.807) is 0 Å². The summed E-state index contributed by atoms with van der Waals surface area (Å²) in [7, 11) is 0. The molecule has 0 unspecified atom stereocenters. The van der Waals surface area contributed by atoms with Crippen LogP contribution in [0.5, 0.6) is 0 Å². The first-order valence-electron chi connectivity index (χ1n) is 6.96. The van der Waals surface area contributed by atoms with Crippen molar-refractivity contribution in [3.63, 3.8) is 0 Å². The molecule has 2 aromatic carbocycles. The third kappa shape index (κ3) is 3.22. The van der Waals surface area contributed by atoms with Crippen LogP contribution >= 0.6 is 0 Å². The van der Waals surface area contributed by atoms with Gasteiger partial charge in [-0.15, -0.1) is 0 Å². The normalized spacial score (nSPS) is 18.0. The lowest BCUT2D eigenvalue weighted by Crippen LogP contribution is -2.42. The molecule has 0 aromatic heterocycles. The largest absolute Gasteiger partial charge is 0.311 e. The summed E-state index contributed by atoms with van der Waals surface area (Å²) in [5, 5.41) is 7.14. The summed E-state index contributed by atoms with van der Waals surface area (Å²) in [6.07, 6.45) is 1.12. The van der Waals surface area contributed by atoms with Crippen LogP contribution in [0.25, 0.3) is 0 Å². The number of rotatable bonds is 4. The minimum atomic E-state index is 0.540. The standard InChI is InChI=1S/C17H20N2/c1-2-6-14(7-3-1)11-18-13-17-10-15-8-4-5-9-16(15)12-19-17/h1-9,17-19H,10-13H2/t17-/m0/s1. The second-order valence-electron chi connectivity index (χ2n) is 5.17. The maximum atomic E-state index is 3.60. The van der Waals surface area contributed by atoms with Crippen LogP contribution < -0.4 is 10.6 Å². The Hall–Kier alpha value is -1.64. The summed E-state index contributed by atoms with van der Waals surface area (Å²) < 4.78 is 0. The molecule has 1 heterocycles. The van der Waals surface area contributed by atoms with E-state index in [2.05, 4.69) is 65.2 Å². The molecule has 1 aliphatic rings. The van der Waals surface area contributed by atoms with Crippen molar-refractivity contribution in [3.8, 4) is 0 Å². The molecule has 0 saturated heterocycles. The molecule has 2 heteroatoms. The highest BCUT2D eigenvalue weighted by atomic mass is 15.0. The van der Waals surface area contributed by atoms with Crippen LogP contribution in [0, 0.1) is 0 Å². The monoisotopic (exact) mass is 252 g/mol. The van der Waals surface area contributed by atoms with Crippen molar-refractivity contribution < 1.29 is 0 Å². The summed E-state index contributed by atoms with van der Waals surface area (Å²) in [5.41, 5.74) is 4.29. The van der Waals surface area contributed by atoms with Crippen molar-refractivity contribution in [2.24, 2.45) is 0 Å². The van der Waals surface area contributed by atoms with Crippen LogP contribution in [0.2, 0.25) is 0 Å². The topological polar surface area (TPSA) is 24.1 Å². The Balaban J connectivity index is 1.50. The Morgan fingerprint density at radius 1 is 0.947 bits per heavy atom. The highest BCUT2D eigenvalue weighted by Gasteiger charge is 2.16. The van der Waals surface area contributed by atoms with E-state index < -0.39 is 0 Å². The van der Waals surface area contributed by atoms with Crippen molar-refractivity contribution in [2.45, 2.75) is 25.6 Å². The van der Waals surface area contributed by atoms with Crippen LogP contribution in [-0.4, -0.2) is 12.6 Å². The number of nitrogens with one attached hydrogen (secondary N) is 2. The molecular weight excluding hydrogens is 232 g/mol. The van der Waals surface area contributed by atoms with Gasteiger partial charge in [0.25, 0.3) is 0 Å². The molecule has 0 spiro atoms. The summed E-state index contributed by atoms with van der Waals surface area (Å²) in [6, 6.07) is 19.8. The zero-order valence-corrected chi connectivity index (χ0v) is 11.1. The van der Waals surface area contributed by atoms with Crippen LogP contribution in [0.1, 0.15) is 16.7 Å². The smallest absolute Gasteiger partial charge is 0.0236 e. The van der Waals surface area contributed by atoms with Crippen LogP contribution in [0.4, 0.5) is 0 Å². The van der Waals surface area contributed by atoms with Gasteiger partial charge in [-0.25, -0.2) is 0 Å². The predicted octanol–water partition coefficient (Wildman–Crippen LogP) is 2.49. The van der Waals surface area contributed by atoms with E-state index >= 15 is 0 Å². The lowest BCUT2D eigenvalue weighted by molar-refractivity contribution is 0.447. The first-order chi connectivity index (χ1) is 9.42. The first kappa shape index (κ1) is 12.4. The van der Waals surface area contributed by atoms with Crippen molar-refractivity contribution in [1.82, 2.24) is 10.6 Å². The third-order valence-electron chi connectivity index (χ3n) is 3.73. The highest BCUT2D eigenvalue weighted by molar-refractivity contribution is 5.30. The average Bonchev–Trinajstić information content (AvgIpc) is 2.48. The van der Waals surface area contributed by atoms with Gasteiger partial charge in [-0.05, 0) is 23.1 Å². The summed E-state index contributed by atoms with van der Waals surface area (Å²) in [4.78, 5) is 0. The van der Waals surface area contributed by atoms with Crippen molar-refractivity contribution in [1.29, 1.82) is 0 Å². The predicted molar refractivity (Wildman–Crippen MR) is 78.9 cm³/mol. The number of benzene rings is 2. The van der Waals surface area contributed by atoms with E-state index in [4.69, 9.17) is 0 Å². The third-order valence-corrected chi connectivity index (χ3v) is 3.73. The van der Waals surface area contributed by atoms with Crippen LogP contribution in [0.15, 0.2) is 54.6 Å². The molecule has 0 saturated carbocycles. The SMILES string of the molecule is c1ccc(CNC[C@@H]2Cc3ccccc3CN2)cc1. The molecule has 0 bridgehead atoms. The van der Waals surface area contributed by atoms with E-state index in [9.17, 15) is 0 Å². The van der Waals surface area contributed by atoms with E-state index in [0.717, 1.165) is 26.1 Å². The van der Waals surface area contributed by atoms with Gasteiger partial charge in [0.05, 0.1) is 0 Å². The van der Waals surface area contributed by atoms with Crippen molar-refractivity contribution in [2.75, 3.05) is 6.54 Å². The molecule has 2 aromatic rings. The molecular formula is C17H20N2. The number of fused-ring (bicyclic) bond motifs is 1. The van der Waals surface area contributed by atoms with E-state index in [-0.39, 0.29) is 0 Å². The maximum Gasteiger partial charge on any atom is 0.0236 e. The van der Waals surface area contributed by atoms with Gasteiger partial charge in [0.2, 0.25) is 0 Å². The molecule has 2 N–H and O–H groups in total. The quantitative estimate of drug-likeness (QED) is 0.873. The Bertz CT molecular complexity index is 522. The Labute approximate surface area is 114 Å². The van der Waals surface area contributed by atoms with E-state index in [0.29, 0.717) is 6.04 Å². The molecule has 0 radical (unpaired) electrons. The highest BCUT2D eigenvalue weighted by Crippen LogP contribution is 2.15. The number of hydrogen-bond acceptors (Lipinski definition) is 2. The van der Waals surface area contributed by atoms with Crippen LogP contribution in [-0.2, 0) is 19.5 Å². The van der Waals surface area contributed by atoms with Gasteiger partial charge in [0, 0.05) is 25.7 Å². The van der Waals surface area contributed by atoms with Gasteiger partial charge in [0.1, 0.15) is 0 Å². The molecule has 19 heavy (non-hydrogen) atoms. The van der Waals surface area contributed by atoms with Gasteiger partial charge in [-0.3, -0.25) is 0 Å². The second-order valence-corrected chi connectivity index (χ2v) is 5.17. The molecule has 0 fully saturated rings. The molecule has 2 nitrogen and oxygen atoms in total. The molecule has 0 amide bonds. The molecule has 1 atom stereocenters. The van der Waals surface area contributed by atoms with E-state index in [1.807, 2.05) is 0 Å². The van der Waals surface area contributed by atoms with Gasteiger partial charge in [-0.1, -0.05) is 54.6 Å². The van der Waals surface area contributed by atoms with Crippen molar-refractivity contribution in [3.05, 3.63) is 71.3 Å². The molecule has 1 aliphatic heterocycles. The summed E-state index contributed by atoms with van der Waals surface area (Å²) in [6.45, 7) is 2.96. The summed E-state index contributed by atoms with van der Waals surface area (Å²) in [5.74, 6) is 0. The van der Waals surface area contributed by atoms with Gasteiger partial charge in [-0.2, -0.15) is 0 Å². The lowest BCUT2D eigenvalue weighted by atomic mass is 9.96. The Kier molecular flexibility index (Phi) is 3.92. The molecule has 3 rings (SSSR count). The summed E-state index contributed by atoms with van der Waals surface area (Å²) >= 11 is 0. The maximum absolute atomic E-state index is 3.60. The average molecular weight is 252 g/mol. The van der Waals surface area contributed by atoms with E-state index in [1.165, 1.54) is 16.7 Å². The zero-order chi connectivity index (χ0) is 12.9. The first-order valence-corrected chi connectivity index (χ1v) is 6.96. The molecule has 98 valence electrons. The fourth-order valence-corrected chi connectivity index (χ4v) is 2.65. The Morgan fingerprint density at radius 3 is 2.53 bits per heavy atom. The van der Waals surface area contributed by atoms with Gasteiger partial charge >= 0.3 is 0 Å². The van der Waals surface area contributed by atoms with Crippen LogP contribution in [0.3, 0.4) is 0 Å². The zero-order valence-electron chi connectivity index (χ0n) is 11.1. The molecule has 0 aliphatic carbocycles. The lowest BCUT2D eigenvalue weighted by Gasteiger charge is -2.26. The Morgan fingerprint density at radius 2 is 1.68 bits per heavy atom. The second kappa shape index (κ2) is 6.00. The van der Waals surface area contributed by atoms with Crippen molar-refractivity contribution >= 4 is 0 Å². The minimum Gasteiger partial charge on any atom is -0.311 e. The fraction of sp³-hybridized carbons (Fsp3) is 0.294. The van der Waals surface area contributed by atoms with Gasteiger partial charge < -0.3 is 10.6 Å². The fourth-order valence-electron chi connectivity index (χ4n) is 2.65. The van der Waals surface area contributed by atoms with Gasteiger partial charge in [0.15, 0.2) is 0 Å².